The SMILES string of the molecule is Cc1ccc2c(c1)[C@@H](C)Oc1nc(cnc1N)C1=C(C#N)C(C)N=[N+]1S(=O)(=O)n1ccnc1-2. The van der Waals surface area contributed by atoms with Gasteiger partial charge in [0.2, 0.25) is 0 Å². The van der Waals surface area contributed by atoms with Gasteiger partial charge >= 0.3 is 10.2 Å². The lowest BCUT2D eigenvalue weighted by Gasteiger charge is -2.20. The van der Waals surface area contributed by atoms with Crippen molar-refractivity contribution in [2.45, 2.75) is 32.9 Å². The van der Waals surface area contributed by atoms with E-state index in [1.165, 1.54) is 18.6 Å². The standard InChI is InChI=1S/C21H19N8O3S/c1-11-4-5-14-15(8-11)13(3)32-21-19(23)25-10-17(26-21)18-16(9-22)12(2)27-29(18)33(30,31)28-7-6-24-20(14)28/h4-8,10,12-13H,1-3H3,(H2,23,25)/q+1/t12?,13-/m1/s1. The van der Waals surface area contributed by atoms with Crippen molar-refractivity contribution in [3.8, 4) is 23.3 Å². The number of imidazole rings is 1. The van der Waals surface area contributed by atoms with Crippen LogP contribution in [0.5, 0.6) is 5.88 Å². The average Bonchev–Trinajstić information content (AvgIpc) is 3.40. The molecule has 33 heavy (non-hydrogen) atoms. The summed E-state index contributed by atoms with van der Waals surface area (Å²) >= 11 is 0. The van der Waals surface area contributed by atoms with E-state index >= 15 is 0 Å². The maximum Gasteiger partial charge on any atom is 0.502 e. The quantitative estimate of drug-likeness (QED) is 0.499. The second-order valence-electron chi connectivity index (χ2n) is 7.76. The molecule has 2 bridgehead atoms. The molecule has 166 valence electrons. The Morgan fingerprint density at radius 3 is 2.82 bits per heavy atom. The van der Waals surface area contributed by atoms with Crippen LogP contribution >= 0.6 is 0 Å². The predicted octanol–water partition coefficient (Wildman–Crippen LogP) is 2.58. The molecule has 2 aromatic heterocycles. The average molecular weight is 464 g/mol. The maximum absolute atomic E-state index is 13.8. The van der Waals surface area contributed by atoms with Gasteiger partial charge in [0, 0.05) is 23.5 Å². The Morgan fingerprint density at radius 2 is 2.06 bits per heavy atom. The summed E-state index contributed by atoms with van der Waals surface area (Å²) in [6.45, 7) is 5.36. The molecule has 11 nitrogen and oxygen atoms in total. The molecule has 4 heterocycles. The van der Waals surface area contributed by atoms with Crippen molar-refractivity contribution < 1.29 is 17.3 Å². The lowest BCUT2D eigenvalue weighted by Crippen LogP contribution is -2.26. The molecule has 2 N–H and O–H groups in total. The molecular weight excluding hydrogens is 444 g/mol. The van der Waals surface area contributed by atoms with Crippen LogP contribution in [0.2, 0.25) is 0 Å². The highest BCUT2D eigenvalue weighted by Gasteiger charge is 2.47. The van der Waals surface area contributed by atoms with Crippen LogP contribution in [0.3, 0.4) is 0 Å². The number of anilines is 1. The third kappa shape index (κ3) is 3.08. The summed E-state index contributed by atoms with van der Waals surface area (Å²) in [5.41, 5.74) is 8.47. The van der Waals surface area contributed by atoms with Crippen LogP contribution in [-0.2, 0) is 10.2 Å². The Labute approximate surface area is 189 Å². The van der Waals surface area contributed by atoms with Crippen LogP contribution < -0.4 is 10.5 Å². The highest BCUT2D eigenvalue weighted by Crippen LogP contribution is 2.37. The van der Waals surface area contributed by atoms with Gasteiger partial charge in [0.1, 0.15) is 17.7 Å². The van der Waals surface area contributed by atoms with E-state index in [0.717, 1.165) is 13.6 Å². The van der Waals surface area contributed by atoms with Gasteiger partial charge in [-0.1, -0.05) is 23.8 Å². The van der Waals surface area contributed by atoms with Crippen molar-refractivity contribution in [2.24, 2.45) is 5.11 Å². The van der Waals surface area contributed by atoms with E-state index in [-0.39, 0.29) is 34.5 Å². The normalized spacial score (nSPS) is 20.8. The van der Waals surface area contributed by atoms with E-state index in [0.29, 0.717) is 11.1 Å². The topological polar surface area (TPSA) is 152 Å². The first-order valence-electron chi connectivity index (χ1n) is 10.1. The van der Waals surface area contributed by atoms with Crippen molar-refractivity contribution in [2.75, 3.05) is 5.73 Å². The molecule has 5 rings (SSSR count). The largest absolute Gasteiger partial charge is 0.502 e. The molecular formula is C21H19N8O3S+. The van der Waals surface area contributed by atoms with Gasteiger partial charge < -0.3 is 10.5 Å². The monoisotopic (exact) mass is 463 g/mol. The van der Waals surface area contributed by atoms with Gasteiger partial charge in [-0.2, -0.15) is 9.23 Å². The minimum absolute atomic E-state index is 0.000596. The number of benzene rings is 1. The fraction of sp³-hybridized carbons (Fsp3) is 0.238. The number of azo groups is 1. The molecule has 2 aliphatic rings. The lowest BCUT2D eigenvalue weighted by molar-refractivity contribution is -0.336. The molecule has 0 spiro atoms. The molecule has 0 amide bonds. The number of nitrogen functional groups attached to an aromatic ring is 1. The molecule has 0 saturated carbocycles. The molecule has 1 aromatic carbocycles. The van der Waals surface area contributed by atoms with Gasteiger partial charge in [0.25, 0.3) is 11.6 Å². The van der Waals surface area contributed by atoms with E-state index in [9.17, 15) is 13.7 Å². The second kappa shape index (κ2) is 7.21. The zero-order valence-electron chi connectivity index (χ0n) is 18.0. The van der Waals surface area contributed by atoms with Crippen molar-refractivity contribution in [1.29, 1.82) is 5.26 Å². The number of ether oxygens (including phenoxy) is 1. The molecule has 3 aromatic rings. The Balaban J connectivity index is 1.89. The minimum Gasteiger partial charge on any atom is -0.467 e. The first-order chi connectivity index (χ1) is 15.7. The number of aromatic nitrogens is 4. The smallest absolute Gasteiger partial charge is 0.467 e. The summed E-state index contributed by atoms with van der Waals surface area (Å²) in [5, 5.41) is 14.0. The number of nitrogens with zero attached hydrogens (tertiary/aromatic N) is 7. The zero-order valence-corrected chi connectivity index (χ0v) is 18.8. The van der Waals surface area contributed by atoms with E-state index in [2.05, 4.69) is 20.1 Å². The van der Waals surface area contributed by atoms with Gasteiger partial charge in [0.15, 0.2) is 23.4 Å². The third-order valence-electron chi connectivity index (χ3n) is 5.52. The number of aryl methyl sites for hydroxylation is 1. The van der Waals surface area contributed by atoms with E-state index in [1.807, 2.05) is 25.1 Å². The molecule has 0 saturated heterocycles. The summed E-state index contributed by atoms with van der Waals surface area (Å²) in [6.07, 6.45) is 3.47. The molecule has 2 atom stereocenters. The molecule has 1 unspecified atom stereocenters. The van der Waals surface area contributed by atoms with Gasteiger partial charge in [-0.15, -0.1) is 8.42 Å². The van der Waals surface area contributed by atoms with Gasteiger partial charge in [0.05, 0.1) is 10.3 Å². The molecule has 2 aliphatic heterocycles. The Hall–Kier alpha value is -4.11. The molecule has 0 radical (unpaired) electrons. The minimum atomic E-state index is -4.32. The van der Waals surface area contributed by atoms with Crippen molar-refractivity contribution in [1.82, 2.24) is 18.9 Å². The van der Waals surface area contributed by atoms with Crippen LogP contribution in [0.25, 0.3) is 17.1 Å². The van der Waals surface area contributed by atoms with Crippen LogP contribution in [0.1, 0.15) is 36.8 Å². The van der Waals surface area contributed by atoms with E-state index < -0.39 is 22.4 Å². The van der Waals surface area contributed by atoms with Crippen LogP contribution in [0.15, 0.2) is 47.5 Å². The fourth-order valence-corrected chi connectivity index (χ4v) is 5.34. The van der Waals surface area contributed by atoms with Crippen molar-refractivity contribution >= 4 is 21.7 Å². The number of nitrogens with two attached hydrogens (primary N) is 1. The Morgan fingerprint density at radius 1 is 1.27 bits per heavy atom. The number of nitriles is 1. The summed E-state index contributed by atoms with van der Waals surface area (Å²) in [5.74, 6) is 0.254. The third-order valence-corrected chi connectivity index (χ3v) is 7.03. The first kappa shape index (κ1) is 20.8. The molecule has 0 aliphatic carbocycles. The van der Waals surface area contributed by atoms with Crippen LogP contribution in [0, 0.1) is 18.3 Å². The van der Waals surface area contributed by atoms with E-state index in [4.69, 9.17) is 10.5 Å². The molecule has 12 heteroatoms. The Bertz CT molecular complexity index is 1530. The van der Waals surface area contributed by atoms with Gasteiger partial charge in [-0.3, -0.25) is 0 Å². The van der Waals surface area contributed by atoms with Crippen molar-refractivity contribution in [3.63, 3.8) is 0 Å². The first-order valence-corrected chi connectivity index (χ1v) is 11.5. The summed E-state index contributed by atoms with van der Waals surface area (Å²) in [6, 6.07) is 6.88. The van der Waals surface area contributed by atoms with Crippen LogP contribution in [0.4, 0.5) is 5.82 Å². The highest BCUT2D eigenvalue weighted by atomic mass is 32.2. The van der Waals surface area contributed by atoms with E-state index in [1.54, 1.807) is 19.9 Å². The summed E-state index contributed by atoms with van der Waals surface area (Å²) in [7, 11) is -4.32. The Kier molecular flexibility index (Phi) is 4.54. The van der Waals surface area contributed by atoms with Gasteiger partial charge in [-0.25, -0.2) is 15.0 Å². The number of hydrogen-bond donors (Lipinski definition) is 1. The molecule has 0 fully saturated rings. The number of rotatable bonds is 0. The summed E-state index contributed by atoms with van der Waals surface area (Å²) in [4.78, 5) is 12.9. The maximum atomic E-state index is 13.8. The number of fused-ring (bicyclic) bond motifs is 7. The predicted molar refractivity (Wildman–Crippen MR) is 117 cm³/mol. The van der Waals surface area contributed by atoms with Crippen molar-refractivity contribution in [3.05, 3.63) is 59.2 Å². The van der Waals surface area contributed by atoms with Gasteiger partial charge in [-0.05, 0) is 25.9 Å². The second-order valence-corrected chi connectivity index (χ2v) is 9.39. The summed E-state index contributed by atoms with van der Waals surface area (Å²) < 4.78 is 35.6. The lowest BCUT2D eigenvalue weighted by atomic mass is 10.00. The highest BCUT2D eigenvalue weighted by molar-refractivity contribution is 7.84. The number of hydrogen-bond acceptors (Lipinski definition) is 9. The van der Waals surface area contributed by atoms with Crippen LogP contribution in [-0.4, -0.2) is 37.5 Å². The fourth-order valence-electron chi connectivity index (χ4n) is 3.92. The zero-order chi connectivity index (χ0) is 23.5.